The SMILES string of the molecule is CC(NC(C)(CO)CO)c1ccc(C#N)cc1. The number of nitrogens with one attached hydrogen (secondary N) is 1. The molecule has 0 radical (unpaired) electrons. The van der Waals surface area contributed by atoms with Gasteiger partial charge in [0.15, 0.2) is 0 Å². The molecule has 0 bridgehead atoms. The first-order chi connectivity index (χ1) is 8.04. The summed E-state index contributed by atoms with van der Waals surface area (Å²) in [5, 5.41) is 30.3. The minimum Gasteiger partial charge on any atom is -0.394 e. The summed E-state index contributed by atoms with van der Waals surface area (Å²) in [6, 6.07) is 9.29. The lowest BCUT2D eigenvalue weighted by atomic mass is 10.00. The third-order valence-electron chi connectivity index (χ3n) is 2.80. The summed E-state index contributed by atoms with van der Waals surface area (Å²) in [7, 11) is 0. The molecule has 92 valence electrons. The predicted octanol–water partition coefficient (Wildman–Crippen LogP) is 0.952. The van der Waals surface area contributed by atoms with E-state index in [-0.39, 0.29) is 19.3 Å². The number of hydrogen-bond donors (Lipinski definition) is 3. The van der Waals surface area contributed by atoms with Gasteiger partial charge < -0.3 is 15.5 Å². The first-order valence-corrected chi connectivity index (χ1v) is 5.54. The maximum Gasteiger partial charge on any atom is 0.0991 e. The molecule has 0 aliphatic rings. The molecule has 0 aromatic heterocycles. The average molecular weight is 234 g/mol. The summed E-state index contributed by atoms with van der Waals surface area (Å²) < 4.78 is 0. The lowest BCUT2D eigenvalue weighted by molar-refractivity contribution is 0.0957. The molecular weight excluding hydrogens is 216 g/mol. The molecule has 1 aromatic carbocycles. The number of nitriles is 1. The van der Waals surface area contributed by atoms with Crippen molar-refractivity contribution < 1.29 is 10.2 Å². The highest BCUT2D eigenvalue weighted by molar-refractivity contribution is 5.32. The molecule has 1 unspecified atom stereocenters. The first-order valence-electron chi connectivity index (χ1n) is 5.54. The molecule has 0 fully saturated rings. The van der Waals surface area contributed by atoms with Gasteiger partial charge in [0.1, 0.15) is 0 Å². The normalized spacial score (nSPS) is 13.1. The van der Waals surface area contributed by atoms with Crippen molar-refractivity contribution in [3.63, 3.8) is 0 Å². The molecule has 1 atom stereocenters. The van der Waals surface area contributed by atoms with E-state index in [0.29, 0.717) is 5.56 Å². The van der Waals surface area contributed by atoms with Crippen molar-refractivity contribution in [1.29, 1.82) is 5.26 Å². The van der Waals surface area contributed by atoms with Gasteiger partial charge in [-0.3, -0.25) is 0 Å². The smallest absolute Gasteiger partial charge is 0.0991 e. The second-order valence-corrected chi connectivity index (χ2v) is 4.48. The fourth-order valence-electron chi connectivity index (χ4n) is 1.59. The summed E-state index contributed by atoms with van der Waals surface area (Å²) in [6.45, 7) is 3.44. The van der Waals surface area contributed by atoms with Crippen LogP contribution < -0.4 is 5.32 Å². The Balaban J connectivity index is 2.76. The van der Waals surface area contributed by atoms with E-state index in [4.69, 9.17) is 5.26 Å². The van der Waals surface area contributed by atoms with E-state index >= 15 is 0 Å². The zero-order valence-electron chi connectivity index (χ0n) is 10.1. The van der Waals surface area contributed by atoms with Gasteiger partial charge in [-0.05, 0) is 31.5 Å². The van der Waals surface area contributed by atoms with Crippen LogP contribution >= 0.6 is 0 Å². The Morgan fingerprint density at radius 3 is 2.24 bits per heavy atom. The number of aliphatic hydroxyl groups excluding tert-OH is 2. The number of aliphatic hydroxyl groups is 2. The number of benzene rings is 1. The minimum absolute atomic E-state index is 0.00737. The molecule has 0 amide bonds. The van der Waals surface area contributed by atoms with Gasteiger partial charge in [0, 0.05) is 6.04 Å². The fourth-order valence-corrected chi connectivity index (χ4v) is 1.59. The van der Waals surface area contributed by atoms with E-state index in [2.05, 4.69) is 11.4 Å². The molecular formula is C13H18N2O2. The summed E-state index contributed by atoms with van der Waals surface area (Å²) in [4.78, 5) is 0. The molecule has 17 heavy (non-hydrogen) atoms. The standard InChI is InChI=1S/C13H18N2O2/c1-10(15-13(2,8-16)9-17)12-5-3-11(7-14)4-6-12/h3-6,10,15-17H,8-9H2,1-2H3. The first kappa shape index (κ1) is 13.7. The van der Waals surface area contributed by atoms with Crippen LogP contribution in [0.1, 0.15) is 31.0 Å². The highest BCUT2D eigenvalue weighted by Crippen LogP contribution is 2.16. The quantitative estimate of drug-likeness (QED) is 0.709. The van der Waals surface area contributed by atoms with E-state index in [9.17, 15) is 10.2 Å². The Hall–Kier alpha value is -1.41. The van der Waals surface area contributed by atoms with Crippen molar-refractivity contribution in [1.82, 2.24) is 5.32 Å². The predicted molar refractivity (Wildman–Crippen MR) is 65.3 cm³/mol. The van der Waals surface area contributed by atoms with E-state index in [1.165, 1.54) is 0 Å². The average Bonchev–Trinajstić information content (AvgIpc) is 2.38. The molecule has 0 saturated carbocycles. The number of hydrogen-bond acceptors (Lipinski definition) is 4. The maximum atomic E-state index is 9.20. The minimum atomic E-state index is -0.701. The Morgan fingerprint density at radius 1 is 1.29 bits per heavy atom. The highest BCUT2D eigenvalue weighted by Gasteiger charge is 2.24. The van der Waals surface area contributed by atoms with E-state index in [1.807, 2.05) is 19.1 Å². The van der Waals surface area contributed by atoms with Crippen LogP contribution in [0.5, 0.6) is 0 Å². The van der Waals surface area contributed by atoms with Crippen LogP contribution in [0.25, 0.3) is 0 Å². The zero-order chi connectivity index (χ0) is 12.9. The summed E-state index contributed by atoms with van der Waals surface area (Å²) in [5.41, 5.74) is 0.929. The van der Waals surface area contributed by atoms with Gasteiger partial charge in [-0.1, -0.05) is 12.1 Å². The molecule has 3 N–H and O–H groups in total. The van der Waals surface area contributed by atoms with Crippen LogP contribution in [0.15, 0.2) is 24.3 Å². The highest BCUT2D eigenvalue weighted by atomic mass is 16.3. The lowest BCUT2D eigenvalue weighted by Crippen LogP contribution is -2.49. The van der Waals surface area contributed by atoms with Crippen molar-refractivity contribution in [2.75, 3.05) is 13.2 Å². The summed E-state index contributed by atoms with van der Waals surface area (Å²) in [5.74, 6) is 0. The van der Waals surface area contributed by atoms with Crippen molar-refractivity contribution in [2.24, 2.45) is 0 Å². The molecule has 1 aromatic rings. The number of rotatable bonds is 5. The number of nitrogens with zero attached hydrogens (tertiary/aromatic N) is 1. The van der Waals surface area contributed by atoms with Crippen LogP contribution in [0.3, 0.4) is 0 Å². The van der Waals surface area contributed by atoms with E-state index < -0.39 is 5.54 Å². The largest absolute Gasteiger partial charge is 0.394 e. The van der Waals surface area contributed by atoms with Gasteiger partial charge in [0.2, 0.25) is 0 Å². The summed E-state index contributed by atoms with van der Waals surface area (Å²) in [6.07, 6.45) is 0. The second kappa shape index (κ2) is 5.78. The molecule has 0 saturated heterocycles. The third kappa shape index (κ3) is 3.53. The fraction of sp³-hybridized carbons (Fsp3) is 0.462. The van der Waals surface area contributed by atoms with Crippen molar-refractivity contribution in [3.05, 3.63) is 35.4 Å². The molecule has 1 rings (SSSR count). The Bertz CT molecular complexity index is 391. The topological polar surface area (TPSA) is 76.3 Å². The second-order valence-electron chi connectivity index (χ2n) is 4.48. The van der Waals surface area contributed by atoms with E-state index in [0.717, 1.165) is 5.56 Å². The van der Waals surface area contributed by atoms with Crippen LogP contribution in [0, 0.1) is 11.3 Å². The molecule has 0 aliphatic heterocycles. The molecule has 4 heteroatoms. The zero-order valence-corrected chi connectivity index (χ0v) is 10.1. The van der Waals surface area contributed by atoms with Gasteiger partial charge in [0.05, 0.1) is 30.4 Å². The van der Waals surface area contributed by atoms with Crippen molar-refractivity contribution >= 4 is 0 Å². The van der Waals surface area contributed by atoms with Gasteiger partial charge in [0.25, 0.3) is 0 Å². The molecule has 4 nitrogen and oxygen atoms in total. The Morgan fingerprint density at radius 2 is 1.82 bits per heavy atom. The molecule has 0 heterocycles. The summed E-state index contributed by atoms with van der Waals surface area (Å²) >= 11 is 0. The Labute approximate surface area is 102 Å². The monoisotopic (exact) mass is 234 g/mol. The van der Waals surface area contributed by atoms with Crippen LogP contribution in [0.4, 0.5) is 0 Å². The van der Waals surface area contributed by atoms with Gasteiger partial charge >= 0.3 is 0 Å². The van der Waals surface area contributed by atoms with Crippen LogP contribution in [-0.2, 0) is 0 Å². The van der Waals surface area contributed by atoms with Gasteiger partial charge in [-0.25, -0.2) is 0 Å². The van der Waals surface area contributed by atoms with Crippen LogP contribution in [-0.4, -0.2) is 29.0 Å². The maximum absolute atomic E-state index is 9.20. The lowest BCUT2D eigenvalue weighted by Gasteiger charge is -2.30. The third-order valence-corrected chi connectivity index (χ3v) is 2.80. The van der Waals surface area contributed by atoms with Crippen molar-refractivity contribution in [3.8, 4) is 6.07 Å². The van der Waals surface area contributed by atoms with Gasteiger partial charge in [-0.15, -0.1) is 0 Å². The molecule has 0 aliphatic carbocycles. The van der Waals surface area contributed by atoms with Gasteiger partial charge in [-0.2, -0.15) is 5.26 Å². The van der Waals surface area contributed by atoms with Crippen LogP contribution in [0.2, 0.25) is 0 Å². The van der Waals surface area contributed by atoms with Crippen molar-refractivity contribution in [2.45, 2.75) is 25.4 Å². The molecule has 0 spiro atoms. The Kier molecular flexibility index (Phi) is 4.64. The van der Waals surface area contributed by atoms with E-state index in [1.54, 1.807) is 19.1 Å².